The van der Waals surface area contributed by atoms with Crippen LogP contribution in [0.1, 0.15) is 11.3 Å². The third-order valence-electron chi connectivity index (χ3n) is 3.55. The van der Waals surface area contributed by atoms with Crippen molar-refractivity contribution in [3.63, 3.8) is 0 Å². The quantitative estimate of drug-likeness (QED) is 0.707. The molecule has 136 valence electrons. The first-order valence-corrected chi connectivity index (χ1v) is 7.66. The molecular formula is C18H17F3N4O. The van der Waals surface area contributed by atoms with Crippen molar-refractivity contribution in [2.75, 3.05) is 11.9 Å². The van der Waals surface area contributed by atoms with Crippen molar-refractivity contribution in [2.45, 2.75) is 13.3 Å². The van der Waals surface area contributed by atoms with Gasteiger partial charge >= 0.3 is 0 Å². The van der Waals surface area contributed by atoms with Crippen LogP contribution in [0, 0.1) is 24.4 Å². The molecule has 0 saturated carbocycles. The third kappa shape index (κ3) is 4.54. The van der Waals surface area contributed by atoms with Crippen molar-refractivity contribution in [2.24, 2.45) is 0 Å². The molecule has 2 heterocycles. The van der Waals surface area contributed by atoms with Crippen LogP contribution in [0.4, 0.5) is 19.0 Å². The molecule has 3 aromatic rings. The Morgan fingerprint density at radius 1 is 1.00 bits per heavy atom. The van der Waals surface area contributed by atoms with Gasteiger partial charge in [-0.3, -0.25) is 4.98 Å². The van der Waals surface area contributed by atoms with Gasteiger partial charge in [-0.25, -0.2) is 23.1 Å². The molecule has 0 bridgehead atoms. The number of aryl methyl sites for hydroxylation is 1. The zero-order valence-electron chi connectivity index (χ0n) is 13.9. The smallest absolute Gasteiger partial charge is 0.164 e. The van der Waals surface area contributed by atoms with Crippen molar-refractivity contribution in [1.29, 1.82) is 0 Å². The average molecular weight is 362 g/mol. The fourth-order valence-electron chi connectivity index (χ4n) is 2.35. The Morgan fingerprint density at radius 3 is 2.50 bits per heavy atom. The monoisotopic (exact) mass is 362 g/mol. The third-order valence-corrected chi connectivity index (χ3v) is 3.55. The van der Waals surface area contributed by atoms with Gasteiger partial charge in [-0.2, -0.15) is 0 Å². The molecule has 0 aliphatic rings. The number of hydrogen-bond acceptors (Lipinski definition) is 4. The summed E-state index contributed by atoms with van der Waals surface area (Å²) in [6.07, 6.45) is 4.20. The SMILES string of the molecule is Cc1cc(NCCc2cccnc2)nc(-c2cc(F)c(F)cc2F)n1.O. The molecule has 0 atom stereocenters. The van der Waals surface area contributed by atoms with Gasteiger partial charge < -0.3 is 10.8 Å². The number of rotatable bonds is 5. The van der Waals surface area contributed by atoms with Crippen LogP contribution in [0.25, 0.3) is 11.4 Å². The van der Waals surface area contributed by atoms with Gasteiger partial charge in [-0.05, 0) is 31.0 Å². The largest absolute Gasteiger partial charge is 0.412 e. The summed E-state index contributed by atoms with van der Waals surface area (Å²) >= 11 is 0. The van der Waals surface area contributed by atoms with Crippen LogP contribution in [0.3, 0.4) is 0 Å². The minimum Gasteiger partial charge on any atom is -0.412 e. The lowest BCUT2D eigenvalue weighted by Crippen LogP contribution is -2.08. The summed E-state index contributed by atoms with van der Waals surface area (Å²) in [6.45, 7) is 2.30. The highest BCUT2D eigenvalue weighted by molar-refractivity contribution is 5.58. The molecule has 0 spiro atoms. The molecule has 1 aromatic carbocycles. The molecule has 0 unspecified atom stereocenters. The minimum absolute atomic E-state index is 0. The van der Waals surface area contributed by atoms with Crippen molar-refractivity contribution in [3.8, 4) is 11.4 Å². The maximum absolute atomic E-state index is 13.9. The molecule has 3 rings (SSSR count). The molecule has 0 saturated heterocycles. The van der Waals surface area contributed by atoms with Crippen LogP contribution in [0.2, 0.25) is 0 Å². The van der Waals surface area contributed by atoms with Crippen molar-refractivity contribution in [3.05, 3.63) is 71.4 Å². The van der Waals surface area contributed by atoms with Crippen molar-refractivity contribution in [1.82, 2.24) is 15.0 Å². The topological polar surface area (TPSA) is 82.2 Å². The number of hydrogen-bond donors (Lipinski definition) is 1. The van der Waals surface area contributed by atoms with E-state index >= 15 is 0 Å². The van der Waals surface area contributed by atoms with Gasteiger partial charge in [-0.15, -0.1) is 0 Å². The molecule has 5 nitrogen and oxygen atoms in total. The van der Waals surface area contributed by atoms with Crippen LogP contribution in [-0.4, -0.2) is 27.0 Å². The molecule has 0 aliphatic carbocycles. The normalized spacial score (nSPS) is 10.3. The molecule has 0 fully saturated rings. The summed E-state index contributed by atoms with van der Waals surface area (Å²) in [6, 6.07) is 6.77. The maximum Gasteiger partial charge on any atom is 0.164 e. The lowest BCUT2D eigenvalue weighted by Gasteiger charge is -2.09. The summed E-state index contributed by atoms with van der Waals surface area (Å²) in [5.74, 6) is -2.82. The van der Waals surface area contributed by atoms with E-state index in [1.165, 1.54) is 0 Å². The van der Waals surface area contributed by atoms with Gasteiger partial charge in [0.15, 0.2) is 17.5 Å². The number of halogens is 3. The van der Waals surface area contributed by atoms with Gasteiger partial charge in [-0.1, -0.05) is 6.07 Å². The van der Waals surface area contributed by atoms with Crippen LogP contribution in [0.5, 0.6) is 0 Å². The number of aromatic nitrogens is 3. The second kappa shape index (κ2) is 8.39. The Labute approximate surface area is 148 Å². The van der Waals surface area contributed by atoms with E-state index in [9.17, 15) is 13.2 Å². The van der Waals surface area contributed by atoms with Gasteiger partial charge in [0, 0.05) is 36.8 Å². The molecule has 26 heavy (non-hydrogen) atoms. The van der Waals surface area contributed by atoms with E-state index in [1.54, 1.807) is 25.4 Å². The Hall–Kier alpha value is -3.00. The number of benzene rings is 1. The number of pyridine rings is 1. The Kier molecular flexibility index (Phi) is 6.24. The molecule has 0 radical (unpaired) electrons. The first-order chi connectivity index (χ1) is 12.0. The number of nitrogens with zero attached hydrogens (tertiary/aromatic N) is 3. The fourth-order valence-corrected chi connectivity index (χ4v) is 2.35. The van der Waals surface area contributed by atoms with Gasteiger partial charge in [0.05, 0.1) is 5.56 Å². The van der Waals surface area contributed by atoms with E-state index in [2.05, 4.69) is 20.3 Å². The average Bonchev–Trinajstić information content (AvgIpc) is 2.58. The van der Waals surface area contributed by atoms with Crippen LogP contribution >= 0.6 is 0 Å². The predicted molar refractivity (Wildman–Crippen MR) is 92.1 cm³/mol. The van der Waals surface area contributed by atoms with Gasteiger partial charge in [0.2, 0.25) is 0 Å². The van der Waals surface area contributed by atoms with E-state index in [-0.39, 0.29) is 16.9 Å². The van der Waals surface area contributed by atoms with E-state index in [1.807, 2.05) is 12.1 Å². The molecular weight excluding hydrogens is 345 g/mol. The second-order valence-electron chi connectivity index (χ2n) is 5.50. The molecule has 0 aliphatic heterocycles. The molecule has 3 N–H and O–H groups in total. The van der Waals surface area contributed by atoms with E-state index in [0.717, 1.165) is 18.1 Å². The lowest BCUT2D eigenvalue weighted by atomic mass is 10.2. The Bertz CT molecular complexity index is 891. The highest BCUT2D eigenvalue weighted by atomic mass is 19.2. The first-order valence-electron chi connectivity index (χ1n) is 7.66. The predicted octanol–water partition coefficient (Wildman–Crippen LogP) is 3.09. The Balaban J connectivity index is 0.00000243. The highest BCUT2D eigenvalue weighted by Crippen LogP contribution is 2.23. The summed E-state index contributed by atoms with van der Waals surface area (Å²) < 4.78 is 40.4. The highest BCUT2D eigenvalue weighted by Gasteiger charge is 2.14. The van der Waals surface area contributed by atoms with Crippen molar-refractivity contribution < 1.29 is 18.6 Å². The zero-order valence-corrected chi connectivity index (χ0v) is 13.9. The molecule has 8 heteroatoms. The maximum atomic E-state index is 13.9. The summed E-state index contributed by atoms with van der Waals surface area (Å²) in [5.41, 5.74) is 1.46. The number of nitrogens with one attached hydrogen (secondary N) is 1. The van der Waals surface area contributed by atoms with Crippen LogP contribution < -0.4 is 5.32 Å². The number of anilines is 1. The summed E-state index contributed by atoms with van der Waals surface area (Å²) in [4.78, 5) is 12.4. The second-order valence-corrected chi connectivity index (χ2v) is 5.50. The standard InChI is InChI=1S/C18H15F3N4.H2O/c1-11-7-17(23-6-4-12-3-2-5-22-10-12)25-18(24-11)13-8-15(20)16(21)9-14(13)19;/h2-3,5,7-10H,4,6H2,1H3,(H,23,24,25);1H2. The van der Waals surface area contributed by atoms with Gasteiger partial charge in [0.1, 0.15) is 11.6 Å². The van der Waals surface area contributed by atoms with E-state index < -0.39 is 17.5 Å². The summed E-state index contributed by atoms with van der Waals surface area (Å²) in [7, 11) is 0. The lowest BCUT2D eigenvalue weighted by molar-refractivity contribution is 0.496. The zero-order chi connectivity index (χ0) is 17.8. The van der Waals surface area contributed by atoms with Crippen LogP contribution in [-0.2, 0) is 6.42 Å². The molecule has 2 aromatic heterocycles. The van der Waals surface area contributed by atoms with E-state index in [4.69, 9.17) is 0 Å². The molecule has 0 amide bonds. The Morgan fingerprint density at radius 2 is 1.77 bits per heavy atom. The van der Waals surface area contributed by atoms with Gasteiger partial charge in [0.25, 0.3) is 0 Å². The minimum atomic E-state index is -1.25. The van der Waals surface area contributed by atoms with Crippen LogP contribution in [0.15, 0.2) is 42.7 Å². The van der Waals surface area contributed by atoms with Crippen molar-refractivity contribution >= 4 is 5.82 Å². The first kappa shape index (κ1) is 19.3. The van der Waals surface area contributed by atoms with E-state index in [0.29, 0.717) is 24.1 Å². The summed E-state index contributed by atoms with van der Waals surface area (Å²) in [5, 5.41) is 3.12. The fraction of sp³-hybridized carbons (Fsp3) is 0.167.